The van der Waals surface area contributed by atoms with Gasteiger partial charge < -0.3 is 4.52 Å². The van der Waals surface area contributed by atoms with Crippen LogP contribution in [0.15, 0.2) is 30.1 Å². The second-order valence-electron chi connectivity index (χ2n) is 2.52. The molecule has 0 radical (unpaired) electrons. The molecule has 2 rings (SSSR count). The van der Waals surface area contributed by atoms with E-state index in [4.69, 9.17) is 16.1 Å². The molecule has 1 aliphatic rings. The molecule has 1 unspecified atom stereocenters. The largest absolute Gasteiger partial charge is 0.472 e. The minimum atomic E-state index is 0.409. The van der Waals surface area contributed by atoms with Crippen LogP contribution >= 0.6 is 20.4 Å². The number of rotatable bonds is 1. The van der Waals surface area contributed by atoms with Crippen LogP contribution in [0.4, 0.5) is 0 Å². The van der Waals surface area contributed by atoms with Crippen molar-refractivity contribution >= 4 is 26.0 Å². The lowest BCUT2D eigenvalue weighted by atomic mass is 10.1. The molecule has 1 aliphatic heterocycles. The smallest absolute Gasteiger partial charge is 0.130 e. The molecule has 0 saturated heterocycles. The van der Waals surface area contributed by atoms with Crippen LogP contribution in [-0.4, -0.2) is 5.88 Å². The van der Waals surface area contributed by atoms with E-state index in [0.29, 0.717) is 14.7 Å². The highest BCUT2D eigenvalue weighted by molar-refractivity contribution is 7.37. The minimum Gasteiger partial charge on any atom is -0.472 e. The van der Waals surface area contributed by atoms with Crippen LogP contribution in [0.25, 0.3) is 5.57 Å². The third-order valence-electron chi connectivity index (χ3n) is 1.78. The van der Waals surface area contributed by atoms with Gasteiger partial charge in [0, 0.05) is 11.4 Å². The Hall–Kier alpha value is -0.520. The van der Waals surface area contributed by atoms with Gasteiger partial charge in [-0.3, -0.25) is 0 Å². The maximum absolute atomic E-state index is 5.79. The molecule has 1 aromatic rings. The first-order valence-electron chi connectivity index (χ1n) is 3.68. The molecule has 12 heavy (non-hydrogen) atoms. The second-order valence-corrected chi connectivity index (χ2v) is 3.52. The van der Waals surface area contributed by atoms with Crippen LogP contribution in [0.1, 0.15) is 5.56 Å². The van der Waals surface area contributed by atoms with Crippen molar-refractivity contribution in [3.05, 3.63) is 35.6 Å². The molecule has 0 bridgehead atoms. The first-order chi connectivity index (χ1) is 5.92. The fourth-order valence-electron chi connectivity index (χ4n) is 1.17. The Morgan fingerprint density at radius 3 is 3.00 bits per heavy atom. The van der Waals surface area contributed by atoms with Crippen molar-refractivity contribution in [3.63, 3.8) is 0 Å². The summed E-state index contributed by atoms with van der Waals surface area (Å²) in [6.07, 6.45) is 0. The summed E-state index contributed by atoms with van der Waals surface area (Å²) in [5, 5.41) is 0. The number of hydrogen-bond donors (Lipinski definition) is 0. The molecule has 0 saturated carbocycles. The predicted molar refractivity (Wildman–Crippen MR) is 54.1 cm³/mol. The highest BCUT2D eigenvalue weighted by Crippen LogP contribution is 2.38. The van der Waals surface area contributed by atoms with Crippen molar-refractivity contribution in [1.29, 1.82) is 0 Å². The lowest BCUT2D eigenvalue weighted by Crippen LogP contribution is -1.93. The zero-order chi connectivity index (χ0) is 8.39. The van der Waals surface area contributed by atoms with E-state index in [1.54, 1.807) is 0 Å². The highest BCUT2D eigenvalue weighted by atomic mass is 35.5. The van der Waals surface area contributed by atoms with E-state index in [1.807, 2.05) is 24.3 Å². The molecule has 1 aromatic carbocycles. The molecule has 0 amide bonds. The van der Waals surface area contributed by atoms with E-state index in [0.717, 1.165) is 11.3 Å². The Morgan fingerprint density at radius 1 is 1.33 bits per heavy atom. The first kappa shape index (κ1) is 8.10. The summed E-state index contributed by atoms with van der Waals surface area (Å²) in [5.41, 5.74) is 2.31. The quantitative estimate of drug-likeness (QED) is 0.497. The molecule has 1 atom stereocenters. The molecule has 62 valence electrons. The summed E-state index contributed by atoms with van der Waals surface area (Å²) in [4.78, 5) is 0. The van der Waals surface area contributed by atoms with Gasteiger partial charge in [0.05, 0.1) is 8.81 Å². The fraction of sp³-hybridized carbons (Fsp3) is 0.111. The Bertz CT molecular complexity index is 322. The second kappa shape index (κ2) is 3.47. The predicted octanol–water partition coefficient (Wildman–Crippen LogP) is 3.25. The number of benzene rings is 1. The average molecular weight is 199 g/mol. The molecular weight excluding hydrogens is 191 g/mol. The van der Waals surface area contributed by atoms with Gasteiger partial charge in [-0.15, -0.1) is 11.6 Å². The molecule has 3 heteroatoms. The summed E-state index contributed by atoms with van der Waals surface area (Å²) in [7, 11) is 0.409. The van der Waals surface area contributed by atoms with Gasteiger partial charge in [0.2, 0.25) is 0 Å². The number of para-hydroxylation sites is 1. The van der Waals surface area contributed by atoms with Crippen molar-refractivity contribution < 1.29 is 4.52 Å². The minimum absolute atomic E-state index is 0.409. The van der Waals surface area contributed by atoms with E-state index in [2.05, 4.69) is 5.82 Å². The van der Waals surface area contributed by atoms with Gasteiger partial charge in [-0.05, 0) is 17.5 Å². The zero-order valence-electron chi connectivity index (χ0n) is 6.38. The maximum atomic E-state index is 5.79. The van der Waals surface area contributed by atoms with Crippen molar-refractivity contribution in [2.45, 2.75) is 0 Å². The standard InChI is InChI=1S/C9H8ClOP/c10-5-7-6-12-11-9-4-2-1-3-8(7)9/h1-4,6,12H,5H2. The zero-order valence-corrected chi connectivity index (χ0v) is 8.14. The first-order valence-corrected chi connectivity index (χ1v) is 5.20. The Morgan fingerprint density at radius 2 is 2.17 bits per heavy atom. The van der Waals surface area contributed by atoms with Gasteiger partial charge in [-0.1, -0.05) is 18.2 Å². The van der Waals surface area contributed by atoms with Gasteiger partial charge in [0.25, 0.3) is 0 Å². The van der Waals surface area contributed by atoms with Crippen LogP contribution in [0.2, 0.25) is 0 Å². The van der Waals surface area contributed by atoms with E-state index in [-0.39, 0.29) is 0 Å². The van der Waals surface area contributed by atoms with E-state index in [9.17, 15) is 0 Å². The van der Waals surface area contributed by atoms with Crippen LogP contribution in [-0.2, 0) is 0 Å². The highest BCUT2D eigenvalue weighted by Gasteiger charge is 2.11. The van der Waals surface area contributed by atoms with Crippen molar-refractivity contribution in [1.82, 2.24) is 0 Å². The van der Waals surface area contributed by atoms with E-state index < -0.39 is 0 Å². The monoisotopic (exact) mass is 198 g/mol. The summed E-state index contributed by atoms with van der Waals surface area (Å²) in [6.45, 7) is 0. The lowest BCUT2D eigenvalue weighted by molar-refractivity contribution is 0.632. The Balaban J connectivity index is 2.48. The lowest BCUT2D eigenvalue weighted by Gasteiger charge is -2.15. The molecule has 0 spiro atoms. The topological polar surface area (TPSA) is 9.23 Å². The van der Waals surface area contributed by atoms with Gasteiger partial charge >= 0.3 is 0 Å². The molecule has 0 aromatic heterocycles. The van der Waals surface area contributed by atoms with Crippen LogP contribution in [0.3, 0.4) is 0 Å². The third-order valence-corrected chi connectivity index (χ3v) is 2.87. The van der Waals surface area contributed by atoms with Crippen molar-refractivity contribution in [2.24, 2.45) is 0 Å². The van der Waals surface area contributed by atoms with Gasteiger partial charge in [0.15, 0.2) is 0 Å². The molecule has 0 fully saturated rings. The molecule has 0 N–H and O–H groups in total. The number of fused-ring (bicyclic) bond motifs is 1. The van der Waals surface area contributed by atoms with Crippen LogP contribution in [0, 0.1) is 0 Å². The normalized spacial score (nSPS) is 16.6. The Labute approximate surface area is 78.2 Å². The maximum Gasteiger partial charge on any atom is 0.130 e. The van der Waals surface area contributed by atoms with Crippen LogP contribution in [0.5, 0.6) is 5.75 Å². The SMILES string of the molecule is ClCC1=CPOc2ccccc21. The number of halogens is 1. The van der Waals surface area contributed by atoms with Crippen molar-refractivity contribution in [3.8, 4) is 5.75 Å². The molecule has 0 aliphatic carbocycles. The number of hydrogen-bond acceptors (Lipinski definition) is 1. The Kier molecular flexibility index (Phi) is 2.34. The van der Waals surface area contributed by atoms with Gasteiger partial charge in [0.1, 0.15) is 5.75 Å². The van der Waals surface area contributed by atoms with Crippen LogP contribution < -0.4 is 4.52 Å². The van der Waals surface area contributed by atoms with Crippen molar-refractivity contribution in [2.75, 3.05) is 5.88 Å². The molecule has 1 heterocycles. The summed E-state index contributed by atoms with van der Waals surface area (Å²) >= 11 is 5.79. The fourth-order valence-corrected chi connectivity index (χ4v) is 2.29. The number of allylic oxidation sites excluding steroid dienone is 1. The number of alkyl halides is 1. The van der Waals surface area contributed by atoms with Gasteiger partial charge in [-0.2, -0.15) is 0 Å². The molecule has 1 nitrogen and oxygen atoms in total. The third kappa shape index (κ3) is 1.35. The summed E-state index contributed by atoms with van der Waals surface area (Å²) in [5.74, 6) is 3.57. The van der Waals surface area contributed by atoms with E-state index >= 15 is 0 Å². The average Bonchev–Trinajstić information content (AvgIpc) is 2.17. The van der Waals surface area contributed by atoms with Gasteiger partial charge in [-0.25, -0.2) is 0 Å². The summed E-state index contributed by atoms with van der Waals surface area (Å²) < 4.78 is 5.45. The van der Waals surface area contributed by atoms with E-state index in [1.165, 1.54) is 5.57 Å². The molecular formula is C9H8ClOP. The summed E-state index contributed by atoms with van der Waals surface area (Å²) in [6, 6.07) is 7.98.